The van der Waals surface area contributed by atoms with Gasteiger partial charge in [0.25, 0.3) is 0 Å². The maximum absolute atomic E-state index is 2.42. The summed E-state index contributed by atoms with van der Waals surface area (Å²) in [6.07, 6.45) is 11.4. The number of rotatable bonds is 8. The van der Waals surface area contributed by atoms with Crippen LogP contribution in [-0.2, 0) is 0 Å². The minimum Gasteiger partial charge on any atom is -0.0654 e. The molecule has 0 bridgehead atoms. The lowest BCUT2D eigenvalue weighted by molar-refractivity contribution is 0.351. The lowest BCUT2D eigenvalue weighted by atomic mass is 9.88. The van der Waals surface area contributed by atoms with Crippen molar-refractivity contribution in [3.05, 3.63) is 0 Å². The molecule has 0 heteroatoms. The van der Waals surface area contributed by atoms with Gasteiger partial charge >= 0.3 is 0 Å². The first-order chi connectivity index (χ1) is 6.95. The normalized spacial score (nSPS) is 14.2. The van der Waals surface area contributed by atoms with E-state index in [1.54, 1.807) is 0 Å². The van der Waals surface area contributed by atoms with Crippen LogP contribution in [0, 0.1) is 11.3 Å². The van der Waals surface area contributed by atoms with Crippen LogP contribution in [0.15, 0.2) is 0 Å². The minimum absolute atomic E-state index is 0.536. The zero-order valence-electron chi connectivity index (χ0n) is 11.7. The lowest BCUT2D eigenvalue weighted by Crippen LogP contribution is -2.04. The van der Waals surface area contributed by atoms with E-state index in [1.165, 1.54) is 51.4 Å². The SMILES string of the molecule is CCCCC(C)CCCCCC(C)(C)C. The Balaban J connectivity index is 3.23. The van der Waals surface area contributed by atoms with Crippen molar-refractivity contribution >= 4 is 0 Å². The molecular weight excluding hydrogens is 180 g/mol. The molecule has 0 aliphatic heterocycles. The maximum atomic E-state index is 2.42. The third kappa shape index (κ3) is 11.9. The summed E-state index contributed by atoms with van der Waals surface area (Å²) in [4.78, 5) is 0. The van der Waals surface area contributed by atoms with Gasteiger partial charge in [-0.25, -0.2) is 0 Å². The molecule has 0 saturated heterocycles. The topological polar surface area (TPSA) is 0 Å². The summed E-state index contributed by atoms with van der Waals surface area (Å²) in [6.45, 7) is 11.7. The highest BCUT2D eigenvalue weighted by atomic mass is 14.1. The van der Waals surface area contributed by atoms with Gasteiger partial charge in [0, 0.05) is 0 Å². The fourth-order valence-electron chi connectivity index (χ4n) is 2.02. The first kappa shape index (κ1) is 15.0. The van der Waals surface area contributed by atoms with Gasteiger partial charge in [-0.15, -0.1) is 0 Å². The van der Waals surface area contributed by atoms with Crippen molar-refractivity contribution in [2.75, 3.05) is 0 Å². The first-order valence-electron chi connectivity index (χ1n) is 6.95. The van der Waals surface area contributed by atoms with Gasteiger partial charge < -0.3 is 0 Å². The van der Waals surface area contributed by atoms with Crippen molar-refractivity contribution in [2.24, 2.45) is 11.3 Å². The Morgan fingerprint density at radius 1 is 0.867 bits per heavy atom. The van der Waals surface area contributed by atoms with E-state index in [4.69, 9.17) is 0 Å². The average molecular weight is 212 g/mol. The molecule has 0 heterocycles. The third-order valence-electron chi connectivity index (χ3n) is 3.17. The maximum Gasteiger partial charge on any atom is -0.0383 e. The molecule has 92 valence electrons. The molecule has 0 aromatic rings. The molecule has 0 saturated carbocycles. The van der Waals surface area contributed by atoms with Crippen molar-refractivity contribution < 1.29 is 0 Å². The zero-order chi connectivity index (χ0) is 11.7. The quantitative estimate of drug-likeness (QED) is 0.445. The zero-order valence-corrected chi connectivity index (χ0v) is 11.7. The molecule has 15 heavy (non-hydrogen) atoms. The van der Waals surface area contributed by atoms with Crippen molar-refractivity contribution in [1.82, 2.24) is 0 Å². The molecule has 0 amide bonds. The minimum atomic E-state index is 0.536. The Kier molecular flexibility index (Phi) is 8.19. The predicted octanol–water partition coefficient (Wildman–Crippen LogP) is 5.81. The average Bonchev–Trinajstić information content (AvgIpc) is 2.12. The van der Waals surface area contributed by atoms with Crippen LogP contribution in [0.2, 0.25) is 0 Å². The molecular formula is C15H32. The summed E-state index contributed by atoms with van der Waals surface area (Å²) in [6, 6.07) is 0. The van der Waals surface area contributed by atoms with E-state index in [1.807, 2.05) is 0 Å². The second kappa shape index (κ2) is 8.19. The fraction of sp³-hybridized carbons (Fsp3) is 1.00. The lowest BCUT2D eigenvalue weighted by Gasteiger charge is -2.17. The molecule has 0 N–H and O–H groups in total. The molecule has 0 nitrogen and oxygen atoms in total. The largest absolute Gasteiger partial charge is 0.0654 e. The Bertz CT molecular complexity index is 129. The molecule has 0 aliphatic rings. The highest BCUT2D eigenvalue weighted by Gasteiger charge is 2.09. The summed E-state index contributed by atoms with van der Waals surface area (Å²) in [5, 5.41) is 0. The van der Waals surface area contributed by atoms with Crippen molar-refractivity contribution in [2.45, 2.75) is 86.0 Å². The molecule has 1 unspecified atom stereocenters. The number of unbranched alkanes of at least 4 members (excludes halogenated alkanes) is 3. The van der Waals surface area contributed by atoms with E-state index in [0.29, 0.717) is 5.41 Å². The van der Waals surface area contributed by atoms with E-state index in [0.717, 1.165) is 5.92 Å². The molecule has 1 atom stereocenters. The van der Waals surface area contributed by atoms with Crippen LogP contribution in [0.1, 0.15) is 86.0 Å². The standard InChI is InChI=1S/C15H32/c1-6-7-11-14(2)12-9-8-10-13-15(3,4)5/h14H,6-13H2,1-5H3. The van der Waals surface area contributed by atoms with Crippen LogP contribution < -0.4 is 0 Å². The smallest absolute Gasteiger partial charge is 0.0383 e. The Hall–Kier alpha value is 0. The van der Waals surface area contributed by atoms with Crippen LogP contribution in [-0.4, -0.2) is 0 Å². The highest BCUT2D eigenvalue weighted by molar-refractivity contribution is 4.61. The van der Waals surface area contributed by atoms with E-state index in [9.17, 15) is 0 Å². The van der Waals surface area contributed by atoms with Gasteiger partial charge in [0.2, 0.25) is 0 Å². The van der Waals surface area contributed by atoms with E-state index in [-0.39, 0.29) is 0 Å². The van der Waals surface area contributed by atoms with Crippen molar-refractivity contribution in [3.63, 3.8) is 0 Å². The summed E-state index contributed by atoms with van der Waals surface area (Å²) in [5.74, 6) is 0.958. The first-order valence-corrected chi connectivity index (χ1v) is 6.95. The highest BCUT2D eigenvalue weighted by Crippen LogP contribution is 2.23. The van der Waals surface area contributed by atoms with E-state index >= 15 is 0 Å². The number of hydrogen-bond acceptors (Lipinski definition) is 0. The van der Waals surface area contributed by atoms with Crippen molar-refractivity contribution in [3.8, 4) is 0 Å². The van der Waals surface area contributed by atoms with Crippen LogP contribution in [0.5, 0.6) is 0 Å². The van der Waals surface area contributed by atoms with Gasteiger partial charge in [-0.2, -0.15) is 0 Å². The molecule has 0 fully saturated rings. The second-order valence-corrected chi connectivity index (χ2v) is 6.41. The fourth-order valence-corrected chi connectivity index (χ4v) is 2.02. The Morgan fingerprint density at radius 2 is 1.47 bits per heavy atom. The third-order valence-corrected chi connectivity index (χ3v) is 3.17. The van der Waals surface area contributed by atoms with Gasteiger partial charge in [0.1, 0.15) is 0 Å². The summed E-state index contributed by atoms with van der Waals surface area (Å²) in [7, 11) is 0. The molecule has 0 aliphatic carbocycles. The summed E-state index contributed by atoms with van der Waals surface area (Å²) >= 11 is 0. The molecule has 0 radical (unpaired) electrons. The molecule has 0 aromatic carbocycles. The second-order valence-electron chi connectivity index (χ2n) is 6.41. The van der Waals surface area contributed by atoms with Gasteiger partial charge in [0.15, 0.2) is 0 Å². The molecule has 0 rings (SSSR count). The molecule has 0 aromatic heterocycles. The van der Waals surface area contributed by atoms with Crippen molar-refractivity contribution in [1.29, 1.82) is 0 Å². The predicted molar refractivity (Wildman–Crippen MR) is 71.2 cm³/mol. The monoisotopic (exact) mass is 212 g/mol. The van der Waals surface area contributed by atoms with Crippen LogP contribution in [0.4, 0.5) is 0 Å². The Labute approximate surface area is 97.8 Å². The summed E-state index contributed by atoms with van der Waals surface area (Å²) < 4.78 is 0. The van der Waals surface area contributed by atoms with Crippen LogP contribution >= 0.6 is 0 Å². The van der Waals surface area contributed by atoms with Crippen LogP contribution in [0.25, 0.3) is 0 Å². The molecule has 0 spiro atoms. The van der Waals surface area contributed by atoms with Gasteiger partial charge in [-0.1, -0.05) is 79.6 Å². The van der Waals surface area contributed by atoms with Gasteiger partial charge in [-0.05, 0) is 17.8 Å². The van der Waals surface area contributed by atoms with E-state index in [2.05, 4.69) is 34.6 Å². The van der Waals surface area contributed by atoms with Gasteiger partial charge in [0.05, 0.1) is 0 Å². The van der Waals surface area contributed by atoms with E-state index < -0.39 is 0 Å². The Morgan fingerprint density at radius 3 is 2.00 bits per heavy atom. The number of hydrogen-bond donors (Lipinski definition) is 0. The van der Waals surface area contributed by atoms with Crippen LogP contribution in [0.3, 0.4) is 0 Å². The van der Waals surface area contributed by atoms with Gasteiger partial charge in [-0.3, -0.25) is 0 Å². The summed E-state index contributed by atoms with van der Waals surface area (Å²) in [5.41, 5.74) is 0.536.